The number of furan rings is 1. The van der Waals surface area contributed by atoms with Crippen LogP contribution in [-0.2, 0) is 13.1 Å². The maximum atomic E-state index is 12.7. The fraction of sp³-hybridized carbons (Fsp3) is 0.294. The van der Waals surface area contributed by atoms with Gasteiger partial charge in [0.15, 0.2) is 5.76 Å². The van der Waals surface area contributed by atoms with Crippen molar-refractivity contribution >= 4 is 32.8 Å². The number of hydrogen-bond donors (Lipinski definition) is 0. The smallest absolute Gasteiger partial charge is 0.406 e. The van der Waals surface area contributed by atoms with E-state index in [1.165, 1.54) is 24.3 Å². The number of halogens is 4. The molecule has 0 N–H and O–H groups in total. The highest BCUT2D eigenvalue weighted by Gasteiger charge is 2.29. The molecule has 0 aliphatic rings. The lowest BCUT2D eigenvalue weighted by Gasteiger charge is -2.17. The minimum atomic E-state index is -4.36. The van der Waals surface area contributed by atoms with Gasteiger partial charge in [0.25, 0.3) is 5.91 Å². The summed E-state index contributed by atoms with van der Waals surface area (Å²) >= 11 is 3.37. The zero-order chi connectivity index (χ0) is 19.1. The second-order valence-electron chi connectivity index (χ2n) is 5.94. The van der Waals surface area contributed by atoms with E-state index in [9.17, 15) is 18.0 Å². The van der Waals surface area contributed by atoms with Crippen LogP contribution in [0.4, 0.5) is 13.2 Å². The number of aryl methyl sites for hydroxylation is 1. The number of aromatic nitrogens is 2. The molecule has 0 unspecified atom stereocenters. The van der Waals surface area contributed by atoms with Crippen LogP contribution in [0.15, 0.2) is 39.5 Å². The second-order valence-corrected chi connectivity index (χ2v) is 6.86. The molecule has 1 aromatic carbocycles. The van der Waals surface area contributed by atoms with Gasteiger partial charge in [0.05, 0.1) is 6.54 Å². The molecule has 0 saturated carbocycles. The Morgan fingerprint density at radius 2 is 2.12 bits per heavy atom. The number of hydrogen-bond acceptors (Lipinski definition) is 3. The topological polar surface area (TPSA) is 51.3 Å². The van der Waals surface area contributed by atoms with E-state index in [0.29, 0.717) is 11.1 Å². The van der Waals surface area contributed by atoms with E-state index in [-0.39, 0.29) is 18.1 Å². The number of benzene rings is 1. The predicted octanol–water partition coefficient (Wildman–Crippen LogP) is 4.53. The summed E-state index contributed by atoms with van der Waals surface area (Å²) in [5.41, 5.74) is 1.25. The molecule has 9 heteroatoms. The van der Waals surface area contributed by atoms with Crippen molar-refractivity contribution in [2.75, 3.05) is 7.05 Å². The van der Waals surface area contributed by atoms with Gasteiger partial charge >= 0.3 is 6.18 Å². The van der Waals surface area contributed by atoms with Crippen LogP contribution in [0.3, 0.4) is 0 Å². The van der Waals surface area contributed by atoms with Gasteiger partial charge in [-0.15, -0.1) is 0 Å². The first-order valence-corrected chi connectivity index (χ1v) is 8.46. The van der Waals surface area contributed by atoms with E-state index in [0.717, 1.165) is 14.4 Å². The van der Waals surface area contributed by atoms with Gasteiger partial charge < -0.3 is 13.9 Å². The zero-order valence-corrected chi connectivity index (χ0v) is 15.6. The van der Waals surface area contributed by atoms with Crippen LogP contribution in [0.5, 0.6) is 0 Å². The number of alkyl halides is 3. The van der Waals surface area contributed by atoms with Crippen LogP contribution < -0.4 is 0 Å². The number of rotatable bonds is 4. The third-order valence-electron chi connectivity index (χ3n) is 3.97. The molecule has 2 heterocycles. The number of nitrogens with zero attached hydrogens (tertiary/aromatic N) is 3. The van der Waals surface area contributed by atoms with Crippen molar-refractivity contribution in [1.82, 2.24) is 14.5 Å². The second kappa shape index (κ2) is 6.79. The molecule has 2 aromatic heterocycles. The summed E-state index contributed by atoms with van der Waals surface area (Å²) in [6, 6.07) is 5.40. The summed E-state index contributed by atoms with van der Waals surface area (Å²) in [6.45, 7) is 0.550. The molecule has 3 aromatic rings. The first-order chi connectivity index (χ1) is 12.2. The van der Waals surface area contributed by atoms with Crippen molar-refractivity contribution < 1.29 is 22.4 Å². The summed E-state index contributed by atoms with van der Waals surface area (Å²) in [6.07, 6.45) is -1.84. The first-order valence-electron chi connectivity index (χ1n) is 7.66. The highest BCUT2D eigenvalue weighted by Crippen LogP contribution is 2.29. The van der Waals surface area contributed by atoms with E-state index in [1.807, 2.05) is 6.07 Å². The number of carbonyl (C=O) groups is 1. The third kappa shape index (κ3) is 3.77. The monoisotopic (exact) mass is 429 g/mol. The lowest BCUT2D eigenvalue weighted by atomic mass is 10.1. The molecule has 3 rings (SSSR count). The largest absolute Gasteiger partial charge is 0.451 e. The van der Waals surface area contributed by atoms with Gasteiger partial charge in [-0.3, -0.25) is 4.79 Å². The molecule has 0 aliphatic heterocycles. The Morgan fingerprint density at radius 3 is 2.81 bits per heavy atom. The lowest BCUT2D eigenvalue weighted by Crippen LogP contribution is -2.29. The van der Waals surface area contributed by atoms with Crippen LogP contribution in [-0.4, -0.2) is 33.6 Å². The summed E-state index contributed by atoms with van der Waals surface area (Å²) in [5.74, 6) is -0.111. The lowest BCUT2D eigenvalue weighted by molar-refractivity contribution is -0.141. The normalized spacial score (nSPS) is 11.9. The van der Waals surface area contributed by atoms with Crippen molar-refractivity contribution in [2.24, 2.45) is 0 Å². The average molecular weight is 430 g/mol. The van der Waals surface area contributed by atoms with Crippen LogP contribution in [0, 0.1) is 6.92 Å². The summed E-state index contributed by atoms with van der Waals surface area (Å²) < 4.78 is 45.3. The standard InChI is InChI=1S/C17H15BrF3N3O2/c1-10-12-7-11(18)3-4-13(12)26-15(10)16(25)23(2)8-14-22-5-6-24(14)9-17(19,20)21/h3-7H,8-9H2,1-2H3. The van der Waals surface area contributed by atoms with E-state index >= 15 is 0 Å². The minimum absolute atomic E-state index is 0.0674. The average Bonchev–Trinajstić information content (AvgIpc) is 3.10. The third-order valence-corrected chi connectivity index (χ3v) is 4.46. The van der Waals surface area contributed by atoms with E-state index in [2.05, 4.69) is 20.9 Å². The zero-order valence-electron chi connectivity index (χ0n) is 14.0. The highest BCUT2D eigenvalue weighted by molar-refractivity contribution is 9.10. The predicted molar refractivity (Wildman–Crippen MR) is 92.7 cm³/mol. The highest BCUT2D eigenvalue weighted by atomic mass is 79.9. The summed E-state index contributed by atoms with van der Waals surface area (Å²) in [5, 5.41) is 0.801. The van der Waals surface area contributed by atoms with Gasteiger partial charge in [0.1, 0.15) is 18.0 Å². The molecule has 26 heavy (non-hydrogen) atoms. The quantitative estimate of drug-likeness (QED) is 0.611. The van der Waals surface area contributed by atoms with Crippen LogP contribution >= 0.6 is 15.9 Å². The van der Waals surface area contributed by atoms with Gasteiger partial charge in [-0.1, -0.05) is 15.9 Å². The van der Waals surface area contributed by atoms with Crippen molar-refractivity contribution in [3.8, 4) is 0 Å². The molecule has 0 bridgehead atoms. The molecule has 0 fully saturated rings. The Morgan fingerprint density at radius 1 is 1.38 bits per heavy atom. The van der Waals surface area contributed by atoms with E-state index in [4.69, 9.17) is 4.42 Å². The molecule has 0 saturated heterocycles. The molecule has 5 nitrogen and oxygen atoms in total. The maximum absolute atomic E-state index is 12.7. The molecular weight excluding hydrogens is 415 g/mol. The molecular formula is C17H15BrF3N3O2. The first kappa shape index (κ1) is 18.5. The Hall–Kier alpha value is -2.29. The van der Waals surface area contributed by atoms with Gasteiger partial charge in [0.2, 0.25) is 0 Å². The number of amides is 1. The van der Waals surface area contributed by atoms with Crippen molar-refractivity contribution in [2.45, 2.75) is 26.2 Å². The Labute approximate surface area is 155 Å². The molecule has 0 atom stereocenters. The molecule has 0 aliphatic carbocycles. The minimum Gasteiger partial charge on any atom is -0.451 e. The van der Waals surface area contributed by atoms with Gasteiger partial charge in [-0.2, -0.15) is 13.2 Å². The summed E-state index contributed by atoms with van der Waals surface area (Å²) in [7, 11) is 1.50. The molecule has 1 amide bonds. The maximum Gasteiger partial charge on any atom is 0.406 e. The van der Waals surface area contributed by atoms with Crippen molar-refractivity contribution in [3.05, 3.63) is 52.2 Å². The summed E-state index contributed by atoms with van der Waals surface area (Å²) in [4.78, 5) is 17.9. The Balaban J connectivity index is 1.83. The Bertz CT molecular complexity index is 962. The van der Waals surface area contributed by atoms with Crippen molar-refractivity contribution in [3.63, 3.8) is 0 Å². The number of imidazole rings is 1. The van der Waals surface area contributed by atoms with Crippen LogP contribution in [0.2, 0.25) is 0 Å². The molecule has 0 radical (unpaired) electrons. The molecule has 138 valence electrons. The fourth-order valence-corrected chi connectivity index (χ4v) is 3.04. The number of fused-ring (bicyclic) bond motifs is 1. The van der Waals surface area contributed by atoms with Crippen LogP contribution in [0.25, 0.3) is 11.0 Å². The number of carbonyl (C=O) groups excluding carboxylic acids is 1. The van der Waals surface area contributed by atoms with Gasteiger partial charge in [-0.25, -0.2) is 4.98 Å². The van der Waals surface area contributed by atoms with Crippen LogP contribution in [0.1, 0.15) is 21.9 Å². The fourth-order valence-electron chi connectivity index (χ4n) is 2.68. The van der Waals surface area contributed by atoms with Crippen molar-refractivity contribution in [1.29, 1.82) is 0 Å². The molecule has 0 spiro atoms. The Kier molecular flexibility index (Phi) is 4.83. The SMILES string of the molecule is Cc1c(C(=O)N(C)Cc2nccn2CC(F)(F)F)oc2ccc(Br)cc12. The van der Waals surface area contributed by atoms with E-state index in [1.54, 1.807) is 19.1 Å². The van der Waals surface area contributed by atoms with E-state index < -0.39 is 18.6 Å². The van der Waals surface area contributed by atoms with Gasteiger partial charge in [0, 0.05) is 34.9 Å². The van der Waals surface area contributed by atoms with Gasteiger partial charge in [-0.05, 0) is 25.1 Å².